The van der Waals surface area contributed by atoms with Gasteiger partial charge in [-0.3, -0.25) is 4.79 Å². The third-order valence-corrected chi connectivity index (χ3v) is 2.16. The molecule has 1 aromatic carbocycles. The van der Waals surface area contributed by atoms with Gasteiger partial charge < -0.3 is 5.32 Å². The van der Waals surface area contributed by atoms with Crippen LogP contribution in [0, 0.1) is 6.92 Å². The normalized spacial score (nSPS) is 8.80. The fourth-order valence-corrected chi connectivity index (χ4v) is 1.30. The van der Waals surface area contributed by atoms with E-state index in [9.17, 15) is 4.79 Å². The summed E-state index contributed by atoms with van der Waals surface area (Å²) in [6, 6.07) is 7.78. The number of aryl methyl sites for hydroxylation is 1. The standard InChI is InChI=1S/C10H13NOS.C2H6/c1-8-3-5-9(6-4-8)11-10(12)7-13-2;1-2/h3-6H,7H2,1-2H3,(H,11,12);1-2H3. The van der Waals surface area contributed by atoms with E-state index in [0.717, 1.165) is 5.69 Å². The number of benzene rings is 1. The zero-order chi connectivity index (χ0) is 11.7. The fourth-order valence-electron chi connectivity index (χ4n) is 0.965. The Bertz CT molecular complexity index is 282. The number of nitrogens with one attached hydrogen (secondary N) is 1. The highest BCUT2D eigenvalue weighted by molar-refractivity contribution is 7.99. The van der Waals surface area contributed by atoms with Gasteiger partial charge in [-0.2, -0.15) is 11.8 Å². The number of hydrogen-bond acceptors (Lipinski definition) is 2. The van der Waals surface area contributed by atoms with Crippen molar-refractivity contribution in [1.29, 1.82) is 0 Å². The zero-order valence-electron chi connectivity index (χ0n) is 9.83. The third kappa shape index (κ3) is 6.18. The van der Waals surface area contributed by atoms with Crippen molar-refractivity contribution in [2.24, 2.45) is 0 Å². The second-order valence-corrected chi connectivity index (χ2v) is 3.71. The molecule has 0 aromatic heterocycles. The molecule has 15 heavy (non-hydrogen) atoms. The Hall–Kier alpha value is -0.960. The van der Waals surface area contributed by atoms with E-state index in [1.165, 1.54) is 17.3 Å². The highest BCUT2D eigenvalue weighted by atomic mass is 32.2. The molecule has 3 heteroatoms. The lowest BCUT2D eigenvalue weighted by molar-refractivity contribution is -0.113. The number of amides is 1. The summed E-state index contributed by atoms with van der Waals surface area (Å²) in [7, 11) is 0. The maximum absolute atomic E-state index is 11.2. The van der Waals surface area contributed by atoms with Crippen LogP contribution < -0.4 is 5.32 Å². The highest BCUT2D eigenvalue weighted by Crippen LogP contribution is 2.08. The molecule has 0 saturated heterocycles. The van der Waals surface area contributed by atoms with Crippen LogP contribution in [0.4, 0.5) is 5.69 Å². The Labute approximate surface area is 96.5 Å². The molecule has 0 aliphatic carbocycles. The van der Waals surface area contributed by atoms with Gasteiger partial charge >= 0.3 is 0 Å². The molecule has 1 N–H and O–H groups in total. The summed E-state index contributed by atoms with van der Waals surface area (Å²) < 4.78 is 0. The van der Waals surface area contributed by atoms with E-state index in [2.05, 4.69) is 5.32 Å². The molecule has 0 saturated carbocycles. The van der Waals surface area contributed by atoms with Crippen molar-refractivity contribution < 1.29 is 4.79 Å². The molecule has 0 fully saturated rings. The minimum absolute atomic E-state index is 0.0522. The maximum atomic E-state index is 11.2. The maximum Gasteiger partial charge on any atom is 0.234 e. The Balaban J connectivity index is 0.000000921. The van der Waals surface area contributed by atoms with Crippen molar-refractivity contribution in [3.63, 3.8) is 0 Å². The number of anilines is 1. The molecule has 0 unspecified atom stereocenters. The lowest BCUT2D eigenvalue weighted by Gasteiger charge is -2.03. The van der Waals surface area contributed by atoms with Gasteiger partial charge in [-0.15, -0.1) is 0 Å². The van der Waals surface area contributed by atoms with Crippen LogP contribution in [-0.4, -0.2) is 17.9 Å². The lowest BCUT2D eigenvalue weighted by atomic mass is 10.2. The molecule has 0 aliphatic rings. The summed E-state index contributed by atoms with van der Waals surface area (Å²) in [4.78, 5) is 11.2. The predicted octanol–water partition coefficient (Wildman–Crippen LogP) is 3.32. The number of carbonyl (C=O) groups is 1. The fraction of sp³-hybridized carbons (Fsp3) is 0.417. The van der Waals surface area contributed by atoms with Gasteiger partial charge in [0.25, 0.3) is 0 Å². The smallest absolute Gasteiger partial charge is 0.234 e. The first-order chi connectivity index (χ1) is 7.22. The van der Waals surface area contributed by atoms with Gasteiger partial charge in [0.05, 0.1) is 5.75 Å². The van der Waals surface area contributed by atoms with Gasteiger partial charge in [-0.25, -0.2) is 0 Å². The predicted molar refractivity (Wildman–Crippen MR) is 69.5 cm³/mol. The van der Waals surface area contributed by atoms with E-state index in [4.69, 9.17) is 0 Å². The van der Waals surface area contributed by atoms with Gasteiger partial charge in [-0.05, 0) is 25.3 Å². The minimum atomic E-state index is 0.0522. The van der Waals surface area contributed by atoms with Gasteiger partial charge in [0.2, 0.25) is 5.91 Å². The molecule has 0 atom stereocenters. The van der Waals surface area contributed by atoms with Crippen LogP contribution in [0.5, 0.6) is 0 Å². The number of carbonyl (C=O) groups excluding carboxylic acids is 1. The van der Waals surface area contributed by atoms with Crippen molar-refractivity contribution in [3.05, 3.63) is 29.8 Å². The van der Waals surface area contributed by atoms with Crippen LogP contribution in [0.2, 0.25) is 0 Å². The van der Waals surface area contributed by atoms with E-state index in [-0.39, 0.29) is 5.91 Å². The topological polar surface area (TPSA) is 29.1 Å². The van der Waals surface area contributed by atoms with Crippen LogP contribution in [0.15, 0.2) is 24.3 Å². The van der Waals surface area contributed by atoms with Crippen molar-refractivity contribution in [3.8, 4) is 0 Å². The van der Waals surface area contributed by atoms with Gasteiger partial charge in [0.15, 0.2) is 0 Å². The Morgan fingerprint density at radius 1 is 1.27 bits per heavy atom. The summed E-state index contributed by atoms with van der Waals surface area (Å²) in [6.07, 6.45) is 1.91. The summed E-state index contributed by atoms with van der Waals surface area (Å²) in [5.74, 6) is 0.560. The Morgan fingerprint density at radius 2 is 1.80 bits per heavy atom. The summed E-state index contributed by atoms with van der Waals surface area (Å²) in [5.41, 5.74) is 2.06. The quantitative estimate of drug-likeness (QED) is 0.855. The SMILES string of the molecule is CC.CSCC(=O)Nc1ccc(C)cc1. The Morgan fingerprint density at radius 3 is 2.27 bits per heavy atom. The lowest BCUT2D eigenvalue weighted by Crippen LogP contribution is -2.13. The molecule has 1 aromatic rings. The van der Waals surface area contributed by atoms with Gasteiger partial charge in [0.1, 0.15) is 0 Å². The van der Waals surface area contributed by atoms with Crippen LogP contribution in [0.3, 0.4) is 0 Å². The van der Waals surface area contributed by atoms with Crippen molar-refractivity contribution in [2.75, 3.05) is 17.3 Å². The summed E-state index contributed by atoms with van der Waals surface area (Å²) >= 11 is 1.52. The first kappa shape index (κ1) is 14.0. The molecular formula is C12H19NOS. The second-order valence-electron chi connectivity index (χ2n) is 2.85. The van der Waals surface area contributed by atoms with Crippen molar-refractivity contribution in [2.45, 2.75) is 20.8 Å². The van der Waals surface area contributed by atoms with Crippen molar-refractivity contribution in [1.82, 2.24) is 0 Å². The molecule has 1 amide bonds. The van der Waals surface area contributed by atoms with E-state index in [1.807, 2.05) is 51.3 Å². The summed E-state index contributed by atoms with van der Waals surface area (Å²) in [6.45, 7) is 6.02. The molecule has 0 heterocycles. The largest absolute Gasteiger partial charge is 0.325 e. The third-order valence-electron chi connectivity index (χ3n) is 1.61. The average molecular weight is 225 g/mol. The Kier molecular flexibility index (Phi) is 7.82. The van der Waals surface area contributed by atoms with Crippen LogP contribution in [-0.2, 0) is 4.79 Å². The van der Waals surface area contributed by atoms with Gasteiger partial charge in [0, 0.05) is 5.69 Å². The monoisotopic (exact) mass is 225 g/mol. The molecule has 0 spiro atoms. The van der Waals surface area contributed by atoms with Gasteiger partial charge in [-0.1, -0.05) is 31.5 Å². The molecule has 84 valence electrons. The van der Waals surface area contributed by atoms with E-state index < -0.39 is 0 Å². The molecule has 0 bridgehead atoms. The summed E-state index contributed by atoms with van der Waals surface area (Å²) in [5, 5.41) is 2.81. The minimum Gasteiger partial charge on any atom is -0.325 e. The van der Waals surface area contributed by atoms with Crippen LogP contribution >= 0.6 is 11.8 Å². The van der Waals surface area contributed by atoms with E-state index in [1.54, 1.807) is 0 Å². The average Bonchev–Trinajstić information content (AvgIpc) is 2.25. The highest BCUT2D eigenvalue weighted by Gasteiger charge is 1.99. The van der Waals surface area contributed by atoms with E-state index in [0.29, 0.717) is 5.75 Å². The van der Waals surface area contributed by atoms with E-state index >= 15 is 0 Å². The molecular weight excluding hydrogens is 206 g/mol. The van der Waals surface area contributed by atoms with Crippen LogP contribution in [0.25, 0.3) is 0 Å². The first-order valence-electron chi connectivity index (χ1n) is 5.08. The molecule has 0 aliphatic heterocycles. The van der Waals surface area contributed by atoms with Crippen molar-refractivity contribution >= 4 is 23.4 Å². The first-order valence-corrected chi connectivity index (χ1v) is 6.47. The molecule has 1 rings (SSSR count). The second kappa shape index (κ2) is 8.36. The number of rotatable bonds is 3. The van der Waals surface area contributed by atoms with Crippen LogP contribution in [0.1, 0.15) is 19.4 Å². The number of hydrogen-bond donors (Lipinski definition) is 1. The molecule has 2 nitrogen and oxygen atoms in total. The number of thioether (sulfide) groups is 1. The molecule has 0 radical (unpaired) electrons. The zero-order valence-corrected chi connectivity index (χ0v) is 10.6.